The van der Waals surface area contributed by atoms with E-state index in [0.717, 1.165) is 6.42 Å². The molecule has 6 nitrogen and oxygen atoms in total. The number of rotatable bonds is 7. The van der Waals surface area contributed by atoms with Crippen molar-refractivity contribution in [1.29, 1.82) is 0 Å². The zero-order valence-corrected chi connectivity index (χ0v) is 20.5. The van der Waals surface area contributed by atoms with E-state index >= 15 is 0 Å². The fourth-order valence-corrected chi connectivity index (χ4v) is 5.01. The molecule has 1 heterocycles. The van der Waals surface area contributed by atoms with Gasteiger partial charge in [0.05, 0.1) is 12.1 Å². The fourth-order valence-electron chi connectivity index (χ4n) is 5.01. The van der Waals surface area contributed by atoms with Crippen LogP contribution in [-0.4, -0.2) is 45.5 Å². The first-order valence-corrected chi connectivity index (χ1v) is 11.9. The second-order valence-electron chi connectivity index (χ2n) is 11.1. The fraction of sp³-hybridized carbons (Fsp3) is 0.840. The van der Waals surface area contributed by atoms with Gasteiger partial charge in [0.25, 0.3) is 0 Å². The third-order valence-electron chi connectivity index (χ3n) is 6.52. The van der Waals surface area contributed by atoms with Crippen LogP contribution >= 0.6 is 0 Å². The largest absolute Gasteiger partial charge is 0.478 e. The Hall–Kier alpha value is -1.56. The zero-order chi connectivity index (χ0) is 23.4. The summed E-state index contributed by atoms with van der Waals surface area (Å²) in [5, 5.41) is 9.09. The maximum absolute atomic E-state index is 13.2. The van der Waals surface area contributed by atoms with E-state index < -0.39 is 17.3 Å². The molecule has 1 saturated carbocycles. The summed E-state index contributed by atoms with van der Waals surface area (Å²) in [4.78, 5) is 26.1. The number of ether oxygens (including phenoxy) is 2. The van der Waals surface area contributed by atoms with Crippen molar-refractivity contribution in [2.45, 2.75) is 117 Å². The number of allylic oxidation sites excluding steroid dienone is 1. The number of hydrogen-bond acceptors (Lipinski definition) is 4. The number of carboxylic acids is 1. The highest BCUT2D eigenvalue weighted by Gasteiger charge is 2.51. The van der Waals surface area contributed by atoms with E-state index in [-0.39, 0.29) is 30.1 Å². The second-order valence-corrected chi connectivity index (χ2v) is 11.1. The van der Waals surface area contributed by atoms with E-state index in [1.807, 2.05) is 39.5 Å². The van der Waals surface area contributed by atoms with Crippen LogP contribution in [0.15, 0.2) is 12.2 Å². The van der Waals surface area contributed by atoms with Crippen LogP contribution in [0.2, 0.25) is 0 Å². The minimum Gasteiger partial charge on any atom is -0.478 e. The van der Waals surface area contributed by atoms with Gasteiger partial charge in [-0.3, -0.25) is 4.90 Å². The number of carbonyl (C=O) groups excluding carboxylic acids is 1. The van der Waals surface area contributed by atoms with Crippen molar-refractivity contribution in [3.05, 3.63) is 12.2 Å². The Labute approximate surface area is 188 Å². The van der Waals surface area contributed by atoms with E-state index in [4.69, 9.17) is 14.6 Å². The molecule has 0 radical (unpaired) electrons. The number of carbonyl (C=O) groups is 2. The average molecular weight is 438 g/mol. The smallest absolute Gasteiger partial charge is 0.412 e. The summed E-state index contributed by atoms with van der Waals surface area (Å²) >= 11 is 0. The number of aliphatic carboxylic acids is 1. The van der Waals surface area contributed by atoms with Crippen LogP contribution in [0, 0.1) is 17.8 Å². The molecule has 1 aliphatic carbocycles. The van der Waals surface area contributed by atoms with Crippen molar-refractivity contribution < 1.29 is 24.2 Å². The lowest BCUT2D eigenvalue weighted by Gasteiger charge is -2.37. The van der Waals surface area contributed by atoms with E-state index in [0.29, 0.717) is 12.3 Å². The topological polar surface area (TPSA) is 76.1 Å². The lowest BCUT2D eigenvalue weighted by molar-refractivity contribution is -0.131. The van der Waals surface area contributed by atoms with E-state index in [2.05, 4.69) is 13.8 Å². The molecular formula is C25H43NO5. The van der Waals surface area contributed by atoms with Crippen LogP contribution in [0.5, 0.6) is 0 Å². The van der Waals surface area contributed by atoms with Crippen molar-refractivity contribution >= 4 is 12.1 Å². The van der Waals surface area contributed by atoms with E-state index in [1.165, 1.54) is 38.2 Å². The Bertz CT molecular complexity index is 643. The van der Waals surface area contributed by atoms with Gasteiger partial charge in [-0.15, -0.1) is 0 Å². The minimum atomic E-state index is -0.938. The van der Waals surface area contributed by atoms with Crippen molar-refractivity contribution in [3.8, 4) is 0 Å². The predicted molar refractivity (Wildman–Crippen MR) is 122 cm³/mol. The summed E-state index contributed by atoms with van der Waals surface area (Å²) in [6.45, 7) is 13.7. The van der Waals surface area contributed by atoms with Crippen molar-refractivity contribution in [2.24, 2.45) is 17.8 Å². The summed E-state index contributed by atoms with van der Waals surface area (Å²) in [7, 11) is 0. The van der Waals surface area contributed by atoms with Gasteiger partial charge < -0.3 is 14.6 Å². The summed E-state index contributed by atoms with van der Waals surface area (Å²) in [5.74, 6) is -0.0271. The summed E-state index contributed by atoms with van der Waals surface area (Å²) in [5.41, 5.74) is -1.35. The molecule has 0 spiro atoms. The lowest BCUT2D eigenvalue weighted by atomic mass is 9.81. The monoisotopic (exact) mass is 437 g/mol. The molecule has 6 heteroatoms. The van der Waals surface area contributed by atoms with Crippen LogP contribution < -0.4 is 0 Å². The van der Waals surface area contributed by atoms with Gasteiger partial charge in [0.2, 0.25) is 0 Å². The molecule has 0 aromatic carbocycles. The van der Waals surface area contributed by atoms with Crippen molar-refractivity contribution in [3.63, 3.8) is 0 Å². The van der Waals surface area contributed by atoms with Crippen LogP contribution in [-0.2, 0) is 14.3 Å². The third kappa shape index (κ3) is 7.51. The highest BCUT2D eigenvalue weighted by molar-refractivity contribution is 5.79. The van der Waals surface area contributed by atoms with Gasteiger partial charge in [0.15, 0.2) is 0 Å². The second kappa shape index (κ2) is 10.4. The molecule has 1 unspecified atom stereocenters. The van der Waals surface area contributed by atoms with Crippen LogP contribution in [0.25, 0.3) is 0 Å². The molecule has 1 aliphatic heterocycles. The Morgan fingerprint density at radius 2 is 1.81 bits per heavy atom. The number of hydrogen-bond donors (Lipinski definition) is 1. The molecule has 3 atom stereocenters. The van der Waals surface area contributed by atoms with Crippen molar-refractivity contribution in [1.82, 2.24) is 4.90 Å². The zero-order valence-electron chi connectivity index (χ0n) is 20.5. The highest BCUT2D eigenvalue weighted by atomic mass is 16.6. The molecule has 1 amide bonds. The quantitative estimate of drug-likeness (QED) is 0.494. The maximum Gasteiger partial charge on any atom is 0.412 e. The molecule has 0 bridgehead atoms. The molecule has 1 N–H and O–H groups in total. The summed E-state index contributed by atoms with van der Waals surface area (Å²) < 4.78 is 12.3. The maximum atomic E-state index is 13.2. The van der Waals surface area contributed by atoms with Crippen LogP contribution in [0.3, 0.4) is 0 Å². The Morgan fingerprint density at radius 1 is 1.19 bits per heavy atom. The number of amides is 1. The highest BCUT2D eigenvalue weighted by Crippen LogP contribution is 2.41. The van der Waals surface area contributed by atoms with Crippen LogP contribution in [0.4, 0.5) is 4.79 Å². The third-order valence-corrected chi connectivity index (χ3v) is 6.52. The molecular weight excluding hydrogens is 394 g/mol. The van der Waals surface area contributed by atoms with Gasteiger partial charge in [-0.2, -0.15) is 0 Å². The Balaban J connectivity index is 2.30. The predicted octanol–water partition coefficient (Wildman–Crippen LogP) is 6.00. The Kier molecular flexibility index (Phi) is 8.60. The number of nitrogens with zero attached hydrogens (tertiary/aromatic N) is 1. The molecule has 0 aromatic rings. The number of carboxylic acid groups (broad SMARTS) is 1. The van der Waals surface area contributed by atoms with Gasteiger partial charge in [-0.25, -0.2) is 9.59 Å². The van der Waals surface area contributed by atoms with Gasteiger partial charge in [0, 0.05) is 6.08 Å². The van der Waals surface area contributed by atoms with Crippen LogP contribution in [0.1, 0.15) is 93.4 Å². The molecule has 0 aromatic heterocycles. The first-order valence-electron chi connectivity index (χ1n) is 11.9. The summed E-state index contributed by atoms with van der Waals surface area (Å²) in [6, 6.07) is -0.0765. The van der Waals surface area contributed by atoms with Gasteiger partial charge in [-0.05, 0) is 65.2 Å². The first kappa shape index (κ1) is 25.7. The molecule has 2 rings (SSSR count). The first-order chi connectivity index (χ1) is 14.3. The minimum absolute atomic E-state index is 0.0596. The van der Waals surface area contributed by atoms with Crippen molar-refractivity contribution in [2.75, 3.05) is 0 Å². The van der Waals surface area contributed by atoms with Gasteiger partial charge >= 0.3 is 12.1 Å². The molecule has 2 aliphatic rings. The molecule has 2 fully saturated rings. The molecule has 31 heavy (non-hydrogen) atoms. The molecule has 178 valence electrons. The SMILES string of the molecule is CC(C)C(C=CC(=O)O)C[C@@H]1OC(C)(C)N(C(=O)OC(C)(C)C)[C@H]1CC1CCCCC1. The summed E-state index contributed by atoms with van der Waals surface area (Å²) in [6.07, 6.45) is 10.3. The van der Waals surface area contributed by atoms with E-state index in [9.17, 15) is 9.59 Å². The Morgan fingerprint density at radius 3 is 2.32 bits per heavy atom. The standard InChI is InChI=1S/C25H43NO5/c1-17(2)19(13-14-22(27)28)16-21-20(15-18-11-9-8-10-12-18)26(25(6,7)30-21)23(29)31-24(3,4)5/h13-14,17-21H,8-12,15-16H2,1-7H3,(H,27,28)/t19?,20-,21-/m0/s1. The van der Waals surface area contributed by atoms with E-state index in [1.54, 1.807) is 6.08 Å². The average Bonchev–Trinajstić information content (AvgIpc) is 2.87. The lowest BCUT2D eigenvalue weighted by Crippen LogP contribution is -2.51. The normalized spacial score (nSPS) is 25.9. The molecule has 1 saturated heterocycles. The van der Waals surface area contributed by atoms with Gasteiger partial charge in [0.1, 0.15) is 11.3 Å². The van der Waals surface area contributed by atoms with Gasteiger partial charge in [-0.1, -0.05) is 52.0 Å².